The van der Waals surface area contributed by atoms with Crippen LogP contribution in [0.15, 0.2) is 0 Å². The van der Waals surface area contributed by atoms with Crippen LogP contribution in [0.5, 0.6) is 0 Å². The van der Waals surface area contributed by atoms with Crippen molar-refractivity contribution in [1.29, 1.82) is 5.41 Å². The maximum atomic E-state index is 11.4. The van der Waals surface area contributed by atoms with Crippen molar-refractivity contribution >= 4 is 29.9 Å². The average molecular weight is 244 g/mol. The molecule has 0 aliphatic carbocycles. The first-order chi connectivity index (χ1) is 7.58. The Morgan fingerprint density at radius 1 is 1.56 bits per heavy atom. The van der Waals surface area contributed by atoms with Crippen molar-refractivity contribution < 1.29 is 9.59 Å². The third kappa shape index (κ3) is 3.49. The molecule has 0 aromatic carbocycles. The van der Waals surface area contributed by atoms with Crippen LogP contribution >= 0.6 is 11.8 Å². The van der Waals surface area contributed by atoms with E-state index in [1.54, 1.807) is 18.7 Å². The second kappa shape index (κ2) is 5.86. The zero-order chi connectivity index (χ0) is 12.0. The summed E-state index contributed by atoms with van der Waals surface area (Å²) in [6.07, 6.45) is 1.30. The number of nitrogens with one attached hydrogen (secondary N) is 4. The second-order valence-electron chi connectivity index (χ2n) is 3.70. The van der Waals surface area contributed by atoms with E-state index in [4.69, 9.17) is 5.41 Å². The van der Waals surface area contributed by atoms with E-state index in [2.05, 4.69) is 16.0 Å². The fourth-order valence-electron chi connectivity index (χ4n) is 1.28. The number of rotatable bonds is 7. The zero-order valence-electron chi connectivity index (χ0n) is 9.13. The number of urea groups is 1. The van der Waals surface area contributed by atoms with Gasteiger partial charge in [0.05, 0.1) is 0 Å². The summed E-state index contributed by atoms with van der Waals surface area (Å²) in [5.74, 6) is 1.13. The van der Waals surface area contributed by atoms with E-state index >= 15 is 0 Å². The van der Waals surface area contributed by atoms with Gasteiger partial charge in [-0.05, 0) is 6.92 Å². The summed E-state index contributed by atoms with van der Waals surface area (Å²) < 4.78 is 0. The Morgan fingerprint density at radius 2 is 2.31 bits per heavy atom. The minimum atomic E-state index is -0.788. The first-order valence-corrected chi connectivity index (χ1v) is 6.15. The van der Waals surface area contributed by atoms with Gasteiger partial charge in [-0.25, -0.2) is 4.79 Å². The lowest BCUT2D eigenvalue weighted by atomic mass is 10.1. The zero-order valence-corrected chi connectivity index (χ0v) is 9.95. The molecule has 1 aliphatic rings. The molecule has 0 radical (unpaired) electrons. The highest BCUT2D eigenvalue weighted by atomic mass is 32.2. The lowest BCUT2D eigenvalue weighted by molar-refractivity contribution is -0.122. The molecular weight excluding hydrogens is 228 g/mol. The maximum absolute atomic E-state index is 11.4. The highest BCUT2D eigenvalue weighted by molar-refractivity contribution is 7.99. The molecule has 1 atom stereocenters. The summed E-state index contributed by atoms with van der Waals surface area (Å²) >= 11 is 1.59. The van der Waals surface area contributed by atoms with Gasteiger partial charge in [0.25, 0.3) is 5.91 Å². The molecule has 3 amide bonds. The van der Waals surface area contributed by atoms with Crippen LogP contribution in [0.25, 0.3) is 0 Å². The van der Waals surface area contributed by atoms with Gasteiger partial charge < -0.3 is 16.0 Å². The number of carbonyl (C=O) groups is 2. The highest BCUT2D eigenvalue weighted by Crippen LogP contribution is 2.16. The standard InChI is InChI=1S/C9H16N4O2S/c1-9(7(14)12-8(15)13-9)6-16-5-4-11-3-2-10/h2,10-11H,3-6H2,1H3,(H2,12,13,14,15)/t9-/m1/s1. The Bertz CT molecular complexity index is 297. The second-order valence-corrected chi connectivity index (χ2v) is 4.81. The number of thioether (sulfide) groups is 1. The van der Waals surface area contributed by atoms with Gasteiger partial charge in [-0.2, -0.15) is 11.8 Å². The summed E-state index contributed by atoms with van der Waals surface area (Å²) in [7, 11) is 0. The average Bonchev–Trinajstić information content (AvgIpc) is 2.47. The molecule has 6 nitrogen and oxygen atoms in total. The van der Waals surface area contributed by atoms with E-state index in [9.17, 15) is 9.59 Å². The predicted octanol–water partition coefficient (Wildman–Crippen LogP) is -0.443. The van der Waals surface area contributed by atoms with Gasteiger partial charge in [-0.15, -0.1) is 0 Å². The quantitative estimate of drug-likeness (QED) is 0.277. The summed E-state index contributed by atoms with van der Waals surface area (Å²) in [5.41, 5.74) is -0.788. The fraction of sp³-hybridized carbons (Fsp3) is 0.667. The van der Waals surface area contributed by atoms with Crippen molar-refractivity contribution in [1.82, 2.24) is 16.0 Å². The smallest absolute Gasteiger partial charge is 0.322 e. The molecule has 1 aliphatic heterocycles. The lowest BCUT2D eigenvalue weighted by Gasteiger charge is -2.19. The minimum absolute atomic E-state index is 0.266. The van der Waals surface area contributed by atoms with Gasteiger partial charge in [0.15, 0.2) is 0 Å². The number of hydrogen-bond acceptors (Lipinski definition) is 5. The van der Waals surface area contributed by atoms with Crippen LogP contribution in [0.1, 0.15) is 6.92 Å². The fourth-order valence-corrected chi connectivity index (χ4v) is 2.32. The van der Waals surface area contributed by atoms with Crippen molar-refractivity contribution in [2.75, 3.05) is 24.6 Å². The summed E-state index contributed by atoms with van der Waals surface area (Å²) in [6, 6.07) is -0.421. The van der Waals surface area contributed by atoms with Crippen LogP contribution in [-0.4, -0.2) is 48.3 Å². The van der Waals surface area contributed by atoms with Crippen LogP contribution in [0.2, 0.25) is 0 Å². The summed E-state index contributed by atoms with van der Waals surface area (Å²) in [5, 5.41) is 14.7. The lowest BCUT2D eigenvalue weighted by Crippen LogP contribution is -2.46. The monoisotopic (exact) mass is 244 g/mol. The van der Waals surface area contributed by atoms with Crippen LogP contribution < -0.4 is 16.0 Å². The van der Waals surface area contributed by atoms with E-state index in [1.807, 2.05) is 0 Å². The maximum Gasteiger partial charge on any atom is 0.322 e. The molecule has 0 unspecified atom stereocenters. The van der Waals surface area contributed by atoms with Crippen molar-refractivity contribution in [3.05, 3.63) is 0 Å². The van der Waals surface area contributed by atoms with Crippen molar-refractivity contribution in [3.63, 3.8) is 0 Å². The molecule has 0 aromatic heterocycles. The minimum Gasteiger partial charge on any atom is -0.323 e. The Hall–Kier alpha value is -1.08. The van der Waals surface area contributed by atoms with Gasteiger partial charge in [0, 0.05) is 30.8 Å². The van der Waals surface area contributed by atoms with Gasteiger partial charge in [0.2, 0.25) is 0 Å². The van der Waals surface area contributed by atoms with E-state index in [-0.39, 0.29) is 5.91 Å². The highest BCUT2D eigenvalue weighted by Gasteiger charge is 2.41. The molecule has 0 saturated carbocycles. The molecular formula is C9H16N4O2S. The molecule has 4 N–H and O–H groups in total. The SMILES string of the molecule is C[C@]1(CSCCNCC=N)NC(=O)NC1=O. The topological polar surface area (TPSA) is 94.1 Å². The third-order valence-corrected chi connectivity index (χ3v) is 3.45. The molecule has 0 bridgehead atoms. The van der Waals surface area contributed by atoms with Gasteiger partial charge >= 0.3 is 6.03 Å². The Labute approximate surface area is 98.4 Å². The molecule has 7 heteroatoms. The number of hydrogen-bond donors (Lipinski definition) is 4. The van der Waals surface area contributed by atoms with Crippen molar-refractivity contribution in [3.8, 4) is 0 Å². The van der Waals surface area contributed by atoms with Gasteiger partial charge in [0.1, 0.15) is 5.54 Å². The Morgan fingerprint density at radius 3 is 2.88 bits per heavy atom. The van der Waals surface area contributed by atoms with E-state index in [1.165, 1.54) is 6.21 Å². The molecule has 90 valence electrons. The van der Waals surface area contributed by atoms with Crippen molar-refractivity contribution in [2.24, 2.45) is 0 Å². The van der Waals surface area contributed by atoms with Crippen LogP contribution in [0.4, 0.5) is 4.79 Å². The normalized spacial score (nSPS) is 24.1. The van der Waals surface area contributed by atoms with Gasteiger partial charge in [-0.1, -0.05) is 0 Å². The molecule has 1 rings (SSSR count). The first-order valence-electron chi connectivity index (χ1n) is 4.99. The van der Waals surface area contributed by atoms with Gasteiger partial charge in [-0.3, -0.25) is 10.1 Å². The molecule has 0 spiro atoms. The largest absolute Gasteiger partial charge is 0.323 e. The van der Waals surface area contributed by atoms with Crippen LogP contribution in [0, 0.1) is 5.41 Å². The Kier molecular flexibility index (Phi) is 4.75. The van der Waals surface area contributed by atoms with Crippen LogP contribution in [-0.2, 0) is 4.79 Å². The number of imide groups is 1. The van der Waals surface area contributed by atoms with Crippen molar-refractivity contribution in [2.45, 2.75) is 12.5 Å². The molecule has 0 aromatic rings. The van der Waals surface area contributed by atoms with E-state index in [0.29, 0.717) is 12.3 Å². The molecule has 1 heterocycles. The number of carbonyl (C=O) groups excluding carboxylic acids is 2. The molecule has 16 heavy (non-hydrogen) atoms. The van der Waals surface area contributed by atoms with E-state index in [0.717, 1.165) is 12.3 Å². The first kappa shape index (κ1) is 13.0. The summed E-state index contributed by atoms with van der Waals surface area (Å²) in [4.78, 5) is 22.4. The Balaban J connectivity index is 2.19. The third-order valence-electron chi connectivity index (χ3n) is 2.18. The predicted molar refractivity (Wildman–Crippen MR) is 64.1 cm³/mol. The number of amides is 3. The van der Waals surface area contributed by atoms with E-state index < -0.39 is 11.6 Å². The molecule has 1 fully saturated rings. The summed E-state index contributed by atoms with van der Waals surface area (Å²) in [6.45, 7) is 3.06. The molecule has 1 saturated heterocycles. The van der Waals surface area contributed by atoms with Crippen LogP contribution in [0.3, 0.4) is 0 Å².